The highest BCUT2D eigenvalue weighted by atomic mass is 35.5. The van der Waals surface area contributed by atoms with Crippen LogP contribution in [0.5, 0.6) is 11.5 Å². The van der Waals surface area contributed by atoms with Crippen LogP contribution in [0.3, 0.4) is 0 Å². The molecule has 2 saturated heterocycles. The van der Waals surface area contributed by atoms with Gasteiger partial charge in [0.05, 0.1) is 26.3 Å². The Morgan fingerprint density at radius 2 is 2.08 bits per heavy atom. The predicted molar refractivity (Wildman–Crippen MR) is 96.3 cm³/mol. The van der Waals surface area contributed by atoms with Crippen LogP contribution < -0.4 is 14.8 Å². The van der Waals surface area contributed by atoms with Crippen molar-refractivity contribution >= 4 is 18.3 Å². The predicted octanol–water partition coefficient (Wildman–Crippen LogP) is 2.09. The number of carbonyl (C=O) groups excluding carboxylic acids is 1. The summed E-state index contributed by atoms with van der Waals surface area (Å²) < 4.78 is 10.6. The molecule has 1 N–H and O–H groups in total. The molecule has 0 unspecified atom stereocenters. The van der Waals surface area contributed by atoms with E-state index in [1.165, 1.54) is 0 Å². The fourth-order valence-corrected chi connectivity index (χ4v) is 3.65. The maximum atomic E-state index is 12.7. The van der Waals surface area contributed by atoms with Crippen LogP contribution in [-0.4, -0.2) is 50.2 Å². The van der Waals surface area contributed by atoms with Crippen molar-refractivity contribution in [1.82, 2.24) is 10.2 Å². The Balaban J connectivity index is 0.00000225. The van der Waals surface area contributed by atoms with Crippen LogP contribution in [0.1, 0.15) is 30.7 Å². The van der Waals surface area contributed by atoms with Gasteiger partial charge in [-0.3, -0.25) is 4.79 Å². The first-order valence-corrected chi connectivity index (χ1v) is 8.33. The summed E-state index contributed by atoms with van der Waals surface area (Å²) in [5, 5.41) is 12.5. The minimum absolute atomic E-state index is 0. The summed E-state index contributed by atoms with van der Waals surface area (Å²) in [5.41, 5.74) is 1.13. The highest BCUT2D eigenvalue weighted by molar-refractivity contribution is 5.85. The molecular formula is C18H24ClN3O3. The summed E-state index contributed by atoms with van der Waals surface area (Å²) in [4.78, 5) is 14.4. The molecule has 2 aliphatic heterocycles. The Bertz CT molecular complexity index is 661. The summed E-state index contributed by atoms with van der Waals surface area (Å²) in [6.45, 7) is 1.44. The second kappa shape index (κ2) is 8.41. The lowest BCUT2D eigenvalue weighted by Gasteiger charge is -2.23. The standard InChI is InChI=1S/C18H23N3O3.ClH/c1-23-16-6-5-12(9-17(16)24-2)13-8-15(20-11-13)18(22)21-7-3-4-14(21)10-19;/h5-6,9,13-15,20H,3-4,7-8,11H2,1-2H3;1H/t13-,14-,15-;/m0./s1. The van der Waals surface area contributed by atoms with Crippen LogP contribution in [-0.2, 0) is 4.79 Å². The van der Waals surface area contributed by atoms with E-state index in [-0.39, 0.29) is 36.3 Å². The molecule has 1 amide bonds. The van der Waals surface area contributed by atoms with E-state index in [0.717, 1.165) is 31.4 Å². The molecule has 0 aromatic heterocycles. The van der Waals surface area contributed by atoms with Crippen LogP contribution in [0.15, 0.2) is 18.2 Å². The number of benzene rings is 1. The lowest BCUT2D eigenvalue weighted by molar-refractivity contribution is -0.133. The smallest absolute Gasteiger partial charge is 0.240 e. The van der Waals surface area contributed by atoms with Crippen molar-refractivity contribution in [2.75, 3.05) is 27.3 Å². The minimum atomic E-state index is -0.264. The second-order valence-electron chi connectivity index (χ2n) is 6.33. The number of ether oxygens (including phenoxy) is 2. The van der Waals surface area contributed by atoms with E-state index in [4.69, 9.17) is 9.47 Å². The number of carbonyl (C=O) groups is 1. The van der Waals surface area contributed by atoms with Gasteiger partial charge in [0.15, 0.2) is 11.5 Å². The molecule has 2 heterocycles. The van der Waals surface area contributed by atoms with Gasteiger partial charge >= 0.3 is 0 Å². The van der Waals surface area contributed by atoms with E-state index in [0.29, 0.717) is 18.0 Å². The second-order valence-corrected chi connectivity index (χ2v) is 6.33. The summed E-state index contributed by atoms with van der Waals surface area (Å²) in [7, 11) is 3.24. The van der Waals surface area contributed by atoms with Crippen molar-refractivity contribution in [3.63, 3.8) is 0 Å². The van der Waals surface area contributed by atoms with Crippen LogP contribution in [0.2, 0.25) is 0 Å². The van der Waals surface area contributed by atoms with Crippen molar-refractivity contribution in [1.29, 1.82) is 5.26 Å². The maximum Gasteiger partial charge on any atom is 0.240 e. The van der Waals surface area contributed by atoms with Gasteiger partial charge in [-0.15, -0.1) is 12.4 Å². The average Bonchev–Trinajstić information content (AvgIpc) is 3.29. The van der Waals surface area contributed by atoms with Gasteiger partial charge in [0.25, 0.3) is 0 Å². The van der Waals surface area contributed by atoms with Crippen LogP contribution in [0.25, 0.3) is 0 Å². The third-order valence-electron chi connectivity index (χ3n) is 4.99. The Kier molecular flexibility index (Phi) is 6.51. The highest BCUT2D eigenvalue weighted by Gasteiger charge is 2.37. The van der Waals surface area contributed by atoms with Gasteiger partial charge in [0.1, 0.15) is 6.04 Å². The molecule has 0 spiro atoms. The lowest BCUT2D eigenvalue weighted by atomic mass is 9.95. The van der Waals surface area contributed by atoms with Crippen molar-refractivity contribution in [2.45, 2.75) is 37.3 Å². The first-order valence-electron chi connectivity index (χ1n) is 8.33. The van der Waals surface area contributed by atoms with Crippen LogP contribution in [0.4, 0.5) is 0 Å². The van der Waals surface area contributed by atoms with Gasteiger partial charge in [-0.1, -0.05) is 6.07 Å². The number of nitriles is 1. The van der Waals surface area contributed by atoms with E-state index < -0.39 is 0 Å². The van der Waals surface area contributed by atoms with E-state index in [1.54, 1.807) is 19.1 Å². The number of nitrogens with one attached hydrogen (secondary N) is 1. The van der Waals surface area contributed by atoms with E-state index in [9.17, 15) is 10.1 Å². The van der Waals surface area contributed by atoms with E-state index in [1.807, 2.05) is 18.2 Å². The number of methoxy groups -OCH3 is 2. The number of hydrogen-bond acceptors (Lipinski definition) is 5. The fraction of sp³-hybridized carbons (Fsp3) is 0.556. The molecule has 0 radical (unpaired) electrons. The molecule has 0 bridgehead atoms. The lowest BCUT2D eigenvalue weighted by Crippen LogP contribution is -2.45. The van der Waals surface area contributed by atoms with Crippen LogP contribution >= 0.6 is 12.4 Å². The SMILES string of the molecule is COc1ccc([C@@H]2CN[C@H](C(=O)N3CCC[C@H]3C#N)C2)cc1OC.Cl. The zero-order valence-corrected chi connectivity index (χ0v) is 15.3. The number of rotatable bonds is 4. The Morgan fingerprint density at radius 3 is 2.76 bits per heavy atom. The van der Waals surface area contributed by atoms with Crippen molar-refractivity contribution in [3.05, 3.63) is 23.8 Å². The molecule has 1 aromatic rings. The molecule has 136 valence electrons. The van der Waals surface area contributed by atoms with E-state index >= 15 is 0 Å². The number of hydrogen-bond donors (Lipinski definition) is 1. The quantitative estimate of drug-likeness (QED) is 0.884. The molecule has 0 aliphatic carbocycles. The Labute approximate surface area is 154 Å². The molecule has 2 fully saturated rings. The first-order chi connectivity index (χ1) is 11.7. The van der Waals surface area contributed by atoms with Gasteiger partial charge in [-0.2, -0.15) is 5.26 Å². The van der Waals surface area contributed by atoms with E-state index in [2.05, 4.69) is 11.4 Å². The Morgan fingerprint density at radius 1 is 1.32 bits per heavy atom. The molecule has 3 atom stereocenters. The fourth-order valence-electron chi connectivity index (χ4n) is 3.65. The number of halogens is 1. The maximum absolute atomic E-state index is 12.7. The molecule has 2 aliphatic rings. The van der Waals surface area contributed by atoms with Crippen molar-refractivity contribution < 1.29 is 14.3 Å². The van der Waals surface area contributed by atoms with Crippen molar-refractivity contribution in [3.8, 4) is 17.6 Å². The molecule has 1 aromatic carbocycles. The van der Waals surface area contributed by atoms with Crippen LogP contribution in [0, 0.1) is 11.3 Å². The number of amides is 1. The average molecular weight is 366 g/mol. The molecule has 3 rings (SSSR count). The zero-order chi connectivity index (χ0) is 17.1. The van der Waals surface area contributed by atoms with Gasteiger partial charge < -0.3 is 19.7 Å². The van der Waals surface area contributed by atoms with Crippen molar-refractivity contribution in [2.24, 2.45) is 0 Å². The third kappa shape index (κ3) is 3.83. The summed E-state index contributed by atoms with van der Waals surface area (Å²) in [5.74, 6) is 1.71. The molecule has 0 saturated carbocycles. The molecule has 7 heteroatoms. The number of likely N-dealkylation sites (tertiary alicyclic amines) is 1. The summed E-state index contributed by atoms with van der Waals surface area (Å²) in [6, 6.07) is 7.66. The Hall–Kier alpha value is -1.97. The number of nitrogens with zero attached hydrogens (tertiary/aromatic N) is 2. The van der Waals surface area contributed by atoms with Gasteiger partial charge in [0, 0.05) is 13.1 Å². The normalized spacial score (nSPS) is 25.2. The first kappa shape index (κ1) is 19.4. The van der Waals surface area contributed by atoms with Gasteiger partial charge in [-0.25, -0.2) is 0 Å². The molecule has 25 heavy (non-hydrogen) atoms. The monoisotopic (exact) mass is 365 g/mol. The minimum Gasteiger partial charge on any atom is -0.493 e. The summed E-state index contributed by atoms with van der Waals surface area (Å²) >= 11 is 0. The largest absolute Gasteiger partial charge is 0.493 e. The molecular weight excluding hydrogens is 342 g/mol. The highest BCUT2D eigenvalue weighted by Crippen LogP contribution is 2.34. The molecule has 6 nitrogen and oxygen atoms in total. The van der Waals surface area contributed by atoms with Gasteiger partial charge in [-0.05, 0) is 42.9 Å². The zero-order valence-electron chi connectivity index (χ0n) is 14.5. The summed E-state index contributed by atoms with van der Waals surface area (Å²) in [6.07, 6.45) is 2.44. The third-order valence-corrected chi connectivity index (χ3v) is 4.99. The topological polar surface area (TPSA) is 74.6 Å². The van der Waals surface area contributed by atoms with Gasteiger partial charge in [0.2, 0.25) is 5.91 Å².